The summed E-state index contributed by atoms with van der Waals surface area (Å²) in [5.41, 5.74) is 5.09. The lowest BCUT2D eigenvalue weighted by molar-refractivity contribution is 0.0240. The molecule has 1 unspecified atom stereocenters. The molecule has 28 heavy (non-hydrogen) atoms. The van der Waals surface area contributed by atoms with Crippen LogP contribution >= 0.6 is 11.8 Å². The van der Waals surface area contributed by atoms with Gasteiger partial charge in [-0.15, -0.1) is 0 Å². The maximum Gasteiger partial charge on any atom is 0.413 e. The maximum atomic E-state index is 14.8. The quantitative estimate of drug-likeness (QED) is 0.743. The van der Waals surface area contributed by atoms with E-state index in [-0.39, 0.29) is 18.6 Å². The van der Waals surface area contributed by atoms with Gasteiger partial charge in [0.25, 0.3) is 0 Å². The highest BCUT2D eigenvalue weighted by Crippen LogP contribution is 2.48. The Labute approximate surface area is 168 Å². The first-order chi connectivity index (χ1) is 13.1. The van der Waals surface area contributed by atoms with Gasteiger partial charge < -0.3 is 19.9 Å². The molecule has 0 spiro atoms. The van der Waals surface area contributed by atoms with E-state index in [4.69, 9.17) is 24.9 Å². The molecular formula is C19H26FN3O4S. The molecule has 1 saturated heterocycles. The molecule has 3 atom stereocenters. The van der Waals surface area contributed by atoms with Crippen LogP contribution in [0.3, 0.4) is 0 Å². The molecule has 2 aliphatic rings. The SMILES string of the molecule is COCC1OC[C@]2(c3cc(N)ccc3F)N=C(NC(=O)OC(C)(C)C)SC[C@H]12. The summed E-state index contributed by atoms with van der Waals surface area (Å²) in [5.74, 6) is 0.0442. The van der Waals surface area contributed by atoms with Crippen LogP contribution in [0.4, 0.5) is 14.9 Å². The van der Waals surface area contributed by atoms with E-state index in [0.29, 0.717) is 28.8 Å². The second-order valence-electron chi connectivity index (χ2n) is 7.93. The molecule has 9 heteroatoms. The Bertz CT molecular complexity index is 783. The molecule has 3 rings (SSSR count). The Hall–Kier alpha value is -1.84. The number of fused-ring (bicyclic) bond motifs is 1. The summed E-state index contributed by atoms with van der Waals surface area (Å²) < 4.78 is 31.3. The Morgan fingerprint density at radius 1 is 1.50 bits per heavy atom. The number of thioether (sulfide) groups is 1. The summed E-state index contributed by atoms with van der Waals surface area (Å²) in [7, 11) is 1.60. The number of hydrogen-bond donors (Lipinski definition) is 2. The number of methoxy groups -OCH3 is 1. The second-order valence-corrected chi connectivity index (χ2v) is 8.94. The zero-order chi connectivity index (χ0) is 20.5. The average molecular weight is 411 g/mol. The largest absolute Gasteiger partial charge is 0.444 e. The second kappa shape index (κ2) is 7.88. The van der Waals surface area contributed by atoms with E-state index in [9.17, 15) is 9.18 Å². The number of carbonyl (C=O) groups is 1. The van der Waals surface area contributed by atoms with E-state index >= 15 is 0 Å². The van der Waals surface area contributed by atoms with Crippen LogP contribution < -0.4 is 11.1 Å². The molecule has 0 bridgehead atoms. The molecule has 0 aromatic heterocycles. The van der Waals surface area contributed by atoms with Gasteiger partial charge >= 0.3 is 6.09 Å². The van der Waals surface area contributed by atoms with Crippen LogP contribution in [0, 0.1) is 11.7 Å². The van der Waals surface area contributed by atoms with Crippen LogP contribution in [0.15, 0.2) is 23.2 Å². The molecular weight excluding hydrogens is 385 g/mol. The van der Waals surface area contributed by atoms with E-state index in [2.05, 4.69) is 5.32 Å². The Morgan fingerprint density at radius 2 is 2.25 bits per heavy atom. The average Bonchev–Trinajstić information content (AvgIpc) is 2.94. The van der Waals surface area contributed by atoms with Crippen LogP contribution in [-0.4, -0.2) is 49.0 Å². The van der Waals surface area contributed by atoms with Crippen LogP contribution in [0.5, 0.6) is 0 Å². The molecule has 1 aromatic rings. The number of rotatable bonds is 3. The van der Waals surface area contributed by atoms with Crippen molar-refractivity contribution in [2.45, 2.75) is 38.0 Å². The number of halogens is 1. The summed E-state index contributed by atoms with van der Waals surface area (Å²) in [4.78, 5) is 16.9. The van der Waals surface area contributed by atoms with Crippen LogP contribution in [0.25, 0.3) is 0 Å². The number of nitrogens with two attached hydrogens (primary N) is 1. The first-order valence-corrected chi connectivity index (χ1v) is 10.0. The van der Waals surface area contributed by atoms with E-state index in [0.717, 1.165) is 0 Å². The minimum absolute atomic E-state index is 0.127. The number of benzene rings is 1. The highest BCUT2D eigenvalue weighted by Gasteiger charge is 2.54. The number of nitrogens with one attached hydrogen (secondary N) is 1. The standard InChI is InChI=1S/C19H26FN3O4S/c1-18(2,3)27-17(24)22-16-23-19(12-7-11(21)5-6-14(12)20)10-26-15(8-25-4)13(19)9-28-16/h5-7,13,15H,8-10,21H2,1-4H3,(H,22,23,24)/t13-,15?,19-/m1/s1. The van der Waals surface area contributed by atoms with Gasteiger partial charge in [0.1, 0.15) is 17.0 Å². The molecule has 0 saturated carbocycles. The van der Waals surface area contributed by atoms with Gasteiger partial charge in [-0.2, -0.15) is 0 Å². The fourth-order valence-corrected chi connectivity index (χ4v) is 4.71. The summed E-state index contributed by atoms with van der Waals surface area (Å²) in [5, 5.41) is 3.04. The van der Waals surface area contributed by atoms with Gasteiger partial charge in [-0.25, -0.2) is 14.2 Å². The number of amidine groups is 1. The Kier molecular flexibility index (Phi) is 5.88. The van der Waals surface area contributed by atoms with Crippen molar-refractivity contribution < 1.29 is 23.4 Å². The van der Waals surface area contributed by atoms with E-state index in [1.807, 2.05) is 0 Å². The minimum Gasteiger partial charge on any atom is -0.444 e. The number of anilines is 1. The van der Waals surface area contributed by atoms with Crippen molar-refractivity contribution in [3.63, 3.8) is 0 Å². The van der Waals surface area contributed by atoms with Crippen molar-refractivity contribution in [2.75, 3.05) is 31.8 Å². The molecule has 1 fully saturated rings. The molecule has 154 valence electrons. The third-order valence-corrected chi connectivity index (χ3v) is 5.67. The van der Waals surface area contributed by atoms with Gasteiger partial charge in [-0.1, -0.05) is 11.8 Å². The number of alkyl carbamates (subject to hydrolysis) is 1. The number of nitrogen functional groups attached to an aromatic ring is 1. The first-order valence-electron chi connectivity index (χ1n) is 9.03. The van der Waals surface area contributed by atoms with Crippen molar-refractivity contribution in [3.8, 4) is 0 Å². The molecule has 0 aliphatic carbocycles. The fourth-order valence-electron chi connectivity index (χ4n) is 3.50. The lowest BCUT2D eigenvalue weighted by atomic mass is 9.78. The van der Waals surface area contributed by atoms with E-state index in [1.54, 1.807) is 33.9 Å². The van der Waals surface area contributed by atoms with E-state index < -0.39 is 23.1 Å². The predicted molar refractivity (Wildman–Crippen MR) is 107 cm³/mol. The molecule has 2 heterocycles. The van der Waals surface area contributed by atoms with Crippen molar-refractivity contribution >= 4 is 28.7 Å². The predicted octanol–water partition coefficient (Wildman–Crippen LogP) is 2.89. The van der Waals surface area contributed by atoms with Gasteiger partial charge in [-0.3, -0.25) is 5.32 Å². The van der Waals surface area contributed by atoms with Crippen molar-refractivity contribution in [1.82, 2.24) is 5.32 Å². The van der Waals surface area contributed by atoms with Gasteiger partial charge in [0, 0.05) is 30.0 Å². The van der Waals surface area contributed by atoms with E-state index in [1.165, 1.54) is 23.9 Å². The number of carbonyl (C=O) groups excluding carboxylic acids is 1. The number of hydrogen-bond acceptors (Lipinski definition) is 7. The molecule has 3 N–H and O–H groups in total. The molecule has 2 aliphatic heterocycles. The lowest BCUT2D eigenvalue weighted by Crippen LogP contribution is -2.45. The molecule has 0 radical (unpaired) electrons. The summed E-state index contributed by atoms with van der Waals surface area (Å²) in [6, 6.07) is 4.43. The van der Waals surface area contributed by atoms with Gasteiger partial charge in [0.05, 0.1) is 19.3 Å². The van der Waals surface area contributed by atoms with Gasteiger partial charge in [0.2, 0.25) is 0 Å². The van der Waals surface area contributed by atoms with Gasteiger partial charge in [0.15, 0.2) is 5.17 Å². The molecule has 7 nitrogen and oxygen atoms in total. The van der Waals surface area contributed by atoms with Crippen molar-refractivity contribution in [2.24, 2.45) is 10.9 Å². The van der Waals surface area contributed by atoms with Gasteiger partial charge in [-0.05, 0) is 39.0 Å². The zero-order valence-corrected chi connectivity index (χ0v) is 17.3. The monoisotopic (exact) mass is 411 g/mol. The third-order valence-electron chi connectivity index (χ3n) is 4.68. The first kappa shape index (κ1) is 20.9. The Balaban J connectivity index is 1.97. The third kappa shape index (κ3) is 4.26. The van der Waals surface area contributed by atoms with Crippen LogP contribution in [0.1, 0.15) is 26.3 Å². The lowest BCUT2D eigenvalue weighted by Gasteiger charge is -2.36. The normalized spacial score (nSPS) is 27.1. The van der Waals surface area contributed by atoms with Crippen LogP contribution in [0.2, 0.25) is 0 Å². The summed E-state index contributed by atoms with van der Waals surface area (Å²) >= 11 is 1.38. The highest BCUT2D eigenvalue weighted by atomic mass is 32.2. The van der Waals surface area contributed by atoms with Crippen LogP contribution in [-0.2, 0) is 19.7 Å². The number of nitrogens with zero attached hydrogens (tertiary/aromatic N) is 1. The molecule has 1 amide bonds. The Morgan fingerprint density at radius 3 is 2.93 bits per heavy atom. The van der Waals surface area contributed by atoms with Crippen molar-refractivity contribution in [3.05, 3.63) is 29.6 Å². The van der Waals surface area contributed by atoms with Crippen molar-refractivity contribution in [1.29, 1.82) is 0 Å². The zero-order valence-electron chi connectivity index (χ0n) is 16.5. The topological polar surface area (TPSA) is 95.2 Å². The number of aliphatic imine (C=N–C) groups is 1. The minimum atomic E-state index is -0.988. The number of ether oxygens (including phenoxy) is 3. The smallest absolute Gasteiger partial charge is 0.413 e. The maximum absolute atomic E-state index is 14.8. The summed E-state index contributed by atoms with van der Waals surface area (Å²) in [6.07, 6.45) is -0.835. The highest BCUT2D eigenvalue weighted by molar-refractivity contribution is 8.13. The fraction of sp³-hybridized carbons (Fsp3) is 0.579. The molecule has 1 aromatic carbocycles. The summed E-state index contributed by atoms with van der Waals surface area (Å²) in [6.45, 7) is 5.89. The number of amides is 1.